The highest BCUT2D eigenvalue weighted by Gasteiger charge is 2.43. The molecule has 2 fully saturated rings. The number of nitrogens with one attached hydrogen (secondary N) is 2. The van der Waals surface area contributed by atoms with Crippen LogP contribution in [0, 0.1) is 12.7 Å². The van der Waals surface area contributed by atoms with Crippen molar-refractivity contribution < 1.29 is 18.3 Å². The number of nitrogens with zero attached hydrogens (tertiary/aromatic N) is 1. The summed E-state index contributed by atoms with van der Waals surface area (Å²) in [5.74, 6) is -0.490. The van der Waals surface area contributed by atoms with Crippen molar-refractivity contribution in [2.75, 3.05) is 31.6 Å². The number of aromatic nitrogens is 1. The Morgan fingerprint density at radius 3 is 2.77 bits per heavy atom. The summed E-state index contributed by atoms with van der Waals surface area (Å²) in [6.07, 6.45) is 3.93. The fourth-order valence-electron chi connectivity index (χ4n) is 5.15. The molecule has 2 aliphatic heterocycles. The molecule has 5 rings (SSSR count). The first-order valence-electron chi connectivity index (χ1n) is 12.3. The van der Waals surface area contributed by atoms with Gasteiger partial charge in [0, 0.05) is 55.3 Å². The highest BCUT2D eigenvalue weighted by atomic mass is 19.1. The summed E-state index contributed by atoms with van der Waals surface area (Å²) in [6.45, 7) is 3.85. The van der Waals surface area contributed by atoms with Gasteiger partial charge in [0.1, 0.15) is 17.3 Å². The molecule has 0 saturated carbocycles. The molecular weight excluding hydrogens is 448 g/mol. The van der Waals surface area contributed by atoms with Crippen LogP contribution in [-0.2, 0) is 4.74 Å². The molecule has 1 aromatic heterocycles. The highest BCUT2D eigenvalue weighted by molar-refractivity contribution is 6.00. The van der Waals surface area contributed by atoms with Gasteiger partial charge in [0.15, 0.2) is 5.78 Å². The lowest BCUT2D eigenvalue weighted by Gasteiger charge is -2.30. The first-order chi connectivity index (χ1) is 16.9. The molecule has 35 heavy (non-hydrogen) atoms. The van der Waals surface area contributed by atoms with Gasteiger partial charge in [0.2, 0.25) is 0 Å². The Morgan fingerprint density at radius 2 is 2.03 bits per heavy atom. The molecule has 2 saturated heterocycles. The van der Waals surface area contributed by atoms with Gasteiger partial charge in [0.25, 0.3) is 0 Å². The Morgan fingerprint density at radius 1 is 1.20 bits per heavy atom. The summed E-state index contributed by atoms with van der Waals surface area (Å²) >= 11 is 0. The molecular formula is C28H31F2N3O2. The molecule has 184 valence electrons. The number of carbonyl (C=O) groups excluding carboxylic acids is 1. The number of alkyl halides is 1. The maximum atomic E-state index is 15.9. The molecule has 2 aliphatic rings. The predicted molar refractivity (Wildman–Crippen MR) is 133 cm³/mol. The normalized spacial score (nSPS) is 21.8. The van der Waals surface area contributed by atoms with E-state index in [2.05, 4.69) is 15.6 Å². The number of ketones is 1. The van der Waals surface area contributed by atoms with E-state index in [1.807, 2.05) is 18.2 Å². The summed E-state index contributed by atoms with van der Waals surface area (Å²) < 4.78 is 35.7. The third kappa shape index (κ3) is 5.21. The second kappa shape index (κ2) is 9.99. The van der Waals surface area contributed by atoms with Crippen LogP contribution in [0.15, 0.2) is 48.7 Å². The van der Waals surface area contributed by atoms with Gasteiger partial charge in [-0.1, -0.05) is 24.3 Å². The Hall–Kier alpha value is -2.90. The maximum absolute atomic E-state index is 15.9. The van der Waals surface area contributed by atoms with Crippen molar-refractivity contribution >= 4 is 22.4 Å². The quantitative estimate of drug-likeness (QED) is 0.449. The number of fused-ring (bicyclic) bond motifs is 1. The molecule has 2 atom stereocenters. The summed E-state index contributed by atoms with van der Waals surface area (Å²) in [6, 6.07) is 12.5. The van der Waals surface area contributed by atoms with Crippen LogP contribution in [0.4, 0.5) is 14.6 Å². The average molecular weight is 480 g/mol. The molecule has 0 amide bonds. The number of hydrogen-bond acceptors (Lipinski definition) is 5. The minimum Gasteiger partial charge on any atom is -0.381 e. The fraction of sp³-hybridized carbons (Fsp3) is 0.429. The topological polar surface area (TPSA) is 63.2 Å². The Kier molecular flexibility index (Phi) is 6.80. The lowest BCUT2D eigenvalue weighted by Crippen LogP contribution is -2.35. The molecule has 2 N–H and O–H groups in total. The van der Waals surface area contributed by atoms with Gasteiger partial charge in [-0.2, -0.15) is 0 Å². The van der Waals surface area contributed by atoms with Gasteiger partial charge in [0.05, 0.1) is 0 Å². The van der Waals surface area contributed by atoms with Crippen LogP contribution in [0.5, 0.6) is 0 Å². The molecule has 0 radical (unpaired) electrons. The van der Waals surface area contributed by atoms with Gasteiger partial charge in [-0.3, -0.25) is 4.79 Å². The van der Waals surface area contributed by atoms with Crippen LogP contribution in [0.1, 0.15) is 53.1 Å². The lowest BCUT2D eigenvalue weighted by atomic mass is 9.78. The van der Waals surface area contributed by atoms with Crippen molar-refractivity contribution in [3.8, 4) is 0 Å². The Bertz CT molecular complexity index is 1220. The van der Waals surface area contributed by atoms with E-state index < -0.39 is 11.6 Å². The van der Waals surface area contributed by atoms with Crippen LogP contribution in [0.3, 0.4) is 0 Å². The van der Waals surface area contributed by atoms with Crippen molar-refractivity contribution in [3.63, 3.8) is 0 Å². The number of carbonyl (C=O) groups is 1. The van der Waals surface area contributed by atoms with E-state index in [4.69, 9.17) is 4.74 Å². The second-order valence-electron chi connectivity index (χ2n) is 9.81. The van der Waals surface area contributed by atoms with E-state index >= 15 is 4.39 Å². The zero-order valence-electron chi connectivity index (χ0n) is 19.9. The Balaban J connectivity index is 1.40. The number of rotatable bonds is 7. The van der Waals surface area contributed by atoms with Crippen molar-refractivity contribution in [1.82, 2.24) is 10.3 Å². The zero-order chi connectivity index (χ0) is 24.4. The van der Waals surface area contributed by atoms with Gasteiger partial charge < -0.3 is 15.4 Å². The summed E-state index contributed by atoms with van der Waals surface area (Å²) in [5, 5.41) is 8.35. The summed E-state index contributed by atoms with van der Waals surface area (Å²) in [5.41, 5.74) is -0.0446. The van der Waals surface area contributed by atoms with Gasteiger partial charge in [-0.15, -0.1) is 0 Å². The molecule has 5 nitrogen and oxygen atoms in total. The molecule has 3 heterocycles. The van der Waals surface area contributed by atoms with Crippen molar-refractivity contribution in [1.29, 1.82) is 0 Å². The highest BCUT2D eigenvalue weighted by Crippen LogP contribution is 2.40. The molecule has 0 unspecified atom stereocenters. The smallest absolute Gasteiger partial charge is 0.163 e. The fourth-order valence-corrected chi connectivity index (χ4v) is 5.15. The molecule has 3 aromatic rings. The number of anilines is 1. The SMILES string of the molecule is Cc1ccc([C@@H](CC(=O)c2ccc3cnc(NC4CCOCC4)cc3c2)[C@]2(F)CCNC2)cc1F. The van der Waals surface area contributed by atoms with Crippen LogP contribution in [0.2, 0.25) is 0 Å². The van der Waals surface area contributed by atoms with E-state index in [9.17, 15) is 9.18 Å². The van der Waals surface area contributed by atoms with E-state index in [1.54, 1.807) is 31.3 Å². The van der Waals surface area contributed by atoms with Crippen LogP contribution < -0.4 is 10.6 Å². The molecule has 0 aliphatic carbocycles. The first kappa shape index (κ1) is 23.8. The largest absolute Gasteiger partial charge is 0.381 e. The van der Waals surface area contributed by atoms with Crippen molar-refractivity contribution in [3.05, 3.63) is 71.2 Å². The maximum Gasteiger partial charge on any atom is 0.163 e. The lowest BCUT2D eigenvalue weighted by molar-refractivity contribution is 0.0891. The third-order valence-corrected chi connectivity index (χ3v) is 7.37. The number of pyridine rings is 1. The Labute approximate surface area is 204 Å². The zero-order valence-corrected chi connectivity index (χ0v) is 19.9. The monoisotopic (exact) mass is 479 g/mol. The second-order valence-corrected chi connectivity index (χ2v) is 9.81. The molecule has 0 bridgehead atoms. The van der Waals surface area contributed by atoms with Gasteiger partial charge >= 0.3 is 0 Å². The van der Waals surface area contributed by atoms with E-state index in [0.717, 1.165) is 42.6 Å². The molecule has 2 aromatic carbocycles. The van der Waals surface area contributed by atoms with Gasteiger partial charge in [-0.05, 0) is 67.4 Å². The number of halogens is 2. The minimum atomic E-state index is -1.60. The number of hydrogen-bond donors (Lipinski definition) is 2. The average Bonchev–Trinajstić information content (AvgIpc) is 3.31. The number of ether oxygens (including phenoxy) is 1. The number of Topliss-reactive ketones (excluding diaryl/α,β-unsaturated/α-hetero) is 1. The van der Waals surface area contributed by atoms with Crippen molar-refractivity contribution in [2.45, 2.75) is 50.2 Å². The number of aryl methyl sites for hydroxylation is 1. The van der Waals surface area contributed by atoms with E-state index in [1.165, 1.54) is 6.07 Å². The van der Waals surface area contributed by atoms with E-state index in [-0.39, 0.29) is 24.6 Å². The first-order valence-corrected chi connectivity index (χ1v) is 12.3. The summed E-state index contributed by atoms with van der Waals surface area (Å²) in [4.78, 5) is 17.9. The van der Waals surface area contributed by atoms with E-state index in [0.29, 0.717) is 35.7 Å². The number of benzene rings is 2. The standard InChI is InChI=1S/C28H31F2N3O2/c1-18-2-3-19(13-25(18)29)24(28(30)8-9-31-17-28)15-26(34)20-4-5-21-16-32-27(14-22(21)12-20)33-23-6-10-35-11-7-23/h2-5,12-14,16,23-24,31H,6-11,15,17H2,1H3,(H,32,33)/t24-,28+/m1/s1. The van der Waals surface area contributed by atoms with Gasteiger partial charge in [-0.25, -0.2) is 13.8 Å². The summed E-state index contributed by atoms with van der Waals surface area (Å²) in [7, 11) is 0. The minimum absolute atomic E-state index is 0.0234. The molecule has 7 heteroatoms. The molecule has 0 spiro atoms. The van der Waals surface area contributed by atoms with Crippen LogP contribution in [-0.4, -0.2) is 48.8 Å². The predicted octanol–water partition coefficient (Wildman–Crippen LogP) is 5.33. The van der Waals surface area contributed by atoms with Crippen LogP contribution >= 0.6 is 0 Å². The van der Waals surface area contributed by atoms with Crippen molar-refractivity contribution in [2.24, 2.45) is 0 Å². The third-order valence-electron chi connectivity index (χ3n) is 7.37. The van der Waals surface area contributed by atoms with Crippen LogP contribution in [0.25, 0.3) is 10.8 Å².